The van der Waals surface area contributed by atoms with Crippen molar-refractivity contribution in [3.05, 3.63) is 42.1 Å². The van der Waals surface area contributed by atoms with Crippen LogP contribution < -0.4 is 20.1 Å². The lowest BCUT2D eigenvalue weighted by Crippen LogP contribution is -2.42. The van der Waals surface area contributed by atoms with E-state index in [1.807, 2.05) is 6.07 Å². The number of methoxy groups -OCH3 is 2. The standard InChI is InChI=1S/C29H36N4O7/c1-4-40-26(36)17-30-28-27(19-10-11-22(38-2)23(14-19)39-3)32-24-15-20(12-13-33(24)28)29(37)31-21(16-25(34)35)18-8-6-5-7-9-18/h10-15,18,21,30H,4-9,16-17H2,1-3H3,(H,31,37)(H,34,35). The maximum atomic E-state index is 13.3. The highest BCUT2D eigenvalue weighted by Gasteiger charge is 2.28. The third kappa shape index (κ3) is 6.64. The Morgan fingerprint density at radius 3 is 2.50 bits per heavy atom. The van der Waals surface area contributed by atoms with Crippen LogP contribution in [0.4, 0.5) is 5.82 Å². The van der Waals surface area contributed by atoms with E-state index in [9.17, 15) is 19.5 Å². The molecular weight excluding hydrogens is 516 g/mol. The Morgan fingerprint density at radius 2 is 1.82 bits per heavy atom. The molecule has 214 valence electrons. The fraction of sp³-hybridized carbons (Fsp3) is 0.448. The minimum Gasteiger partial charge on any atom is -0.493 e. The summed E-state index contributed by atoms with van der Waals surface area (Å²) in [4.78, 5) is 41.7. The van der Waals surface area contributed by atoms with E-state index in [0.29, 0.717) is 39.8 Å². The van der Waals surface area contributed by atoms with Crippen LogP contribution in [0, 0.1) is 5.92 Å². The molecule has 1 unspecified atom stereocenters. The number of benzene rings is 1. The van der Waals surface area contributed by atoms with Gasteiger partial charge in [0.2, 0.25) is 0 Å². The van der Waals surface area contributed by atoms with Gasteiger partial charge < -0.3 is 30.0 Å². The first-order valence-corrected chi connectivity index (χ1v) is 13.5. The van der Waals surface area contributed by atoms with E-state index >= 15 is 0 Å². The van der Waals surface area contributed by atoms with Gasteiger partial charge in [-0.2, -0.15) is 0 Å². The predicted molar refractivity (Wildman–Crippen MR) is 149 cm³/mol. The van der Waals surface area contributed by atoms with Crippen molar-refractivity contribution in [2.45, 2.75) is 51.5 Å². The first-order valence-electron chi connectivity index (χ1n) is 13.5. The number of nitrogens with zero attached hydrogens (tertiary/aromatic N) is 2. The second kappa shape index (κ2) is 13.2. The number of carboxylic acid groups (broad SMARTS) is 1. The molecule has 0 spiro atoms. The smallest absolute Gasteiger partial charge is 0.325 e. The van der Waals surface area contributed by atoms with Crippen LogP contribution in [-0.4, -0.2) is 65.8 Å². The van der Waals surface area contributed by atoms with Crippen LogP contribution in [-0.2, 0) is 14.3 Å². The minimum atomic E-state index is -0.934. The lowest BCUT2D eigenvalue weighted by atomic mass is 9.82. The SMILES string of the molecule is CCOC(=O)CNc1c(-c2ccc(OC)c(OC)c2)nc2cc(C(=O)NC(CC(=O)O)C3CCCCC3)ccn12. The number of aromatic nitrogens is 2. The molecule has 1 amide bonds. The summed E-state index contributed by atoms with van der Waals surface area (Å²) in [5.41, 5.74) is 2.07. The summed E-state index contributed by atoms with van der Waals surface area (Å²) in [5, 5.41) is 15.5. The van der Waals surface area contributed by atoms with E-state index in [1.165, 1.54) is 0 Å². The van der Waals surface area contributed by atoms with Gasteiger partial charge in [-0.25, -0.2) is 4.98 Å². The normalized spacial score (nSPS) is 14.4. The molecule has 11 heteroatoms. The molecule has 1 saturated carbocycles. The lowest BCUT2D eigenvalue weighted by Gasteiger charge is -2.30. The number of ether oxygens (including phenoxy) is 3. The zero-order valence-electron chi connectivity index (χ0n) is 23.1. The highest BCUT2D eigenvalue weighted by atomic mass is 16.5. The van der Waals surface area contributed by atoms with Crippen molar-refractivity contribution >= 4 is 29.3 Å². The zero-order valence-corrected chi connectivity index (χ0v) is 23.1. The molecule has 1 fully saturated rings. The van der Waals surface area contributed by atoms with Crippen molar-refractivity contribution in [1.29, 1.82) is 0 Å². The number of hydrogen-bond acceptors (Lipinski definition) is 8. The van der Waals surface area contributed by atoms with Gasteiger partial charge in [0.25, 0.3) is 5.91 Å². The number of pyridine rings is 1. The Hall–Kier alpha value is -4.28. The van der Waals surface area contributed by atoms with Crippen LogP contribution in [0.15, 0.2) is 36.5 Å². The van der Waals surface area contributed by atoms with Gasteiger partial charge in [-0.05, 0) is 56.0 Å². The number of aliphatic carboxylic acids is 1. The number of rotatable bonds is 12. The predicted octanol–water partition coefficient (Wildman–Crippen LogP) is 4.15. The number of hydrogen-bond donors (Lipinski definition) is 3. The Morgan fingerprint density at radius 1 is 1.07 bits per heavy atom. The minimum absolute atomic E-state index is 0.0809. The van der Waals surface area contributed by atoms with Gasteiger partial charge in [0.15, 0.2) is 11.5 Å². The van der Waals surface area contributed by atoms with Crippen molar-refractivity contribution in [3.8, 4) is 22.8 Å². The number of amides is 1. The summed E-state index contributed by atoms with van der Waals surface area (Å²) in [6, 6.07) is 8.23. The molecular formula is C29H36N4O7. The molecule has 1 aliphatic carbocycles. The van der Waals surface area contributed by atoms with Gasteiger partial charge in [0.1, 0.15) is 23.7 Å². The lowest BCUT2D eigenvalue weighted by molar-refractivity contribution is -0.141. The summed E-state index contributed by atoms with van der Waals surface area (Å²) in [6.07, 6.45) is 6.60. The molecule has 40 heavy (non-hydrogen) atoms. The van der Waals surface area contributed by atoms with Gasteiger partial charge in [-0.1, -0.05) is 19.3 Å². The number of anilines is 1. The van der Waals surface area contributed by atoms with Gasteiger partial charge >= 0.3 is 11.9 Å². The molecule has 3 N–H and O–H groups in total. The molecule has 0 bridgehead atoms. The summed E-state index contributed by atoms with van der Waals surface area (Å²) in [6.45, 7) is 1.92. The summed E-state index contributed by atoms with van der Waals surface area (Å²) in [5.74, 6) is 0.0448. The first kappa shape index (κ1) is 28.7. The van der Waals surface area contributed by atoms with E-state index in [-0.39, 0.29) is 31.4 Å². The van der Waals surface area contributed by atoms with Gasteiger partial charge in [0.05, 0.1) is 27.2 Å². The fourth-order valence-electron chi connectivity index (χ4n) is 5.22. The summed E-state index contributed by atoms with van der Waals surface area (Å²) < 4.78 is 17.6. The van der Waals surface area contributed by atoms with E-state index in [1.54, 1.807) is 56.0 Å². The van der Waals surface area contributed by atoms with Crippen molar-refractivity contribution in [1.82, 2.24) is 14.7 Å². The van der Waals surface area contributed by atoms with Gasteiger partial charge in [-0.3, -0.25) is 18.8 Å². The summed E-state index contributed by atoms with van der Waals surface area (Å²) in [7, 11) is 3.09. The third-order valence-corrected chi connectivity index (χ3v) is 7.18. The Balaban J connectivity index is 1.68. The van der Waals surface area contributed by atoms with Crippen LogP contribution in [0.1, 0.15) is 55.8 Å². The fourth-order valence-corrected chi connectivity index (χ4v) is 5.22. The van der Waals surface area contributed by atoms with Crippen LogP contribution in [0.5, 0.6) is 11.5 Å². The van der Waals surface area contributed by atoms with Crippen LogP contribution >= 0.6 is 0 Å². The summed E-state index contributed by atoms with van der Waals surface area (Å²) >= 11 is 0. The van der Waals surface area contributed by atoms with E-state index in [2.05, 4.69) is 10.6 Å². The number of carbonyl (C=O) groups is 3. The molecule has 0 aliphatic heterocycles. The number of carbonyl (C=O) groups excluding carboxylic acids is 2. The van der Waals surface area contributed by atoms with Gasteiger partial charge in [0, 0.05) is 23.4 Å². The first-order chi connectivity index (χ1) is 19.3. The highest BCUT2D eigenvalue weighted by Crippen LogP contribution is 2.36. The van der Waals surface area contributed by atoms with E-state index < -0.39 is 18.0 Å². The Kier molecular flexibility index (Phi) is 9.47. The number of carboxylic acids is 1. The highest BCUT2D eigenvalue weighted by molar-refractivity contribution is 5.96. The van der Waals surface area contributed by atoms with Crippen LogP contribution in [0.2, 0.25) is 0 Å². The molecule has 1 atom stereocenters. The molecule has 4 rings (SSSR count). The molecule has 0 radical (unpaired) electrons. The van der Waals surface area contributed by atoms with Crippen LogP contribution in [0.3, 0.4) is 0 Å². The average molecular weight is 553 g/mol. The number of esters is 1. The number of nitrogens with one attached hydrogen (secondary N) is 2. The molecule has 3 aromatic rings. The molecule has 2 aromatic heterocycles. The van der Waals surface area contributed by atoms with Crippen LogP contribution in [0.25, 0.3) is 16.9 Å². The number of fused-ring (bicyclic) bond motifs is 1. The van der Waals surface area contributed by atoms with Crippen molar-refractivity contribution in [2.24, 2.45) is 5.92 Å². The largest absolute Gasteiger partial charge is 0.493 e. The molecule has 1 aliphatic rings. The molecule has 0 saturated heterocycles. The molecule has 1 aromatic carbocycles. The second-order valence-electron chi connectivity index (χ2n) is 9.76. The average Bonchev–Trinajstić information content (AvgIpc) is 3.33. The monoisotopic (exact) mass is 552 g/mol. The van der Waals surface area contributed by atoms with Crippen molar-refractivity contribution < 1.29 is 33.7 Å². The van der Waals surface area contributed by atoms with E-state index in [0.717, 1.165) is 32.1 Å². The zero-order chi connectivity index (χ0) is 28.6. The van der Waals surface area contributed by atoms with Crippen molar-refractivity contribution in [2.75, 3.05) is 32.7 Å². The second-order valence-corrected chi connectivity index (χ2v) is 9.76. The molecule has 11 nitrogen and oxygen atoms in total. The quantitative estimate of drug-likeness (QED) is 0.283. The Labute approximate surface area is 232 Å². The maximum absolute atomic E-state index is 13.3. The van der Waals surface area contributed by atoms with Crippen molar-refractivity contribution in [3.63, 3.8) is 0 Å². The molecule has 2 heterocycles. The topological polar surface area (TPSA) is 140 Å². The number of imidazole rings is 1. The maximum Gasteiger partial charge on any atom is 0.325 e. The third-order valence-electron chi connectivity index (χ3n) is 7.18. The van der Waals surface area contributed by atoms with Gasteiger partial charge in [-0.15, -0.1) is 0 Å². The van der Waals surface area contributed by atoms with E-state index in [4.69, 9.17) is 19.2 Å². The Bertz CT molecular complexity index is 1360.